The molecule has 202 valence electrons. The van der Waals surface area contributed by atoms with Crippen LogP contribution in [0.25, 0.3) is 21.9 Å². The Hall–Kier alpha value is -3.75. The van der Waals surface area contributed by atoms with Crippen molar-refractivity contribution in [1.29, 1.82) is 0 Å². The van der Waals surface area contributed by atoms with Gasteiger partial charge in [-0.05, 0) is 76.5 Å². The monoisotopic (exact) mass is 517 g/mol. The second kappa shape index (κ2) is 12.2. The first-order chi connectivity index (χ1) is 17.9. The second-order valence-electron chi connectivity index (χ2n) is 10.5. The van der Waals surface area contributed by atoms with Crippen LogP contribution in [0.3, 0.4) is 0 Å². The van der Waals surface area contributed by atoms with Crippen molar-refractivity contribution in [1.82, 2.24) is 14.8 Å². The Balaban J connectivity index is 1.83. The van der Waals surface area contributed by atoms with Gasteiger partial charge in [0.25, 0.3) is 5.91 Å². The van der Waals surface area contributed by atoms with Crippen molar-refractivity contribution >= 4 is 34.0 Å². The number of hydrogen-bond acceptors (Lipinski definition) is 7. The first-order valence-electron chi connectivity index (χ1n) is 12.7. The van der Waals surface area contributed by atoms with Crippen LogP contribution in [0.15, 0.2) is 66.0 Å². The Morgan fingerprint density at radius 1 is 0.974 bits per heavy atom. The number of carbonyl (C=O) groups is 2. The van der Waals surface area contributed by atoms with E-state index < -0.39 is 11.5 Å². The summed E-state index contributed by atoms with van der Waals surface area (Å²) in [4.78, 5) is 33.8. The number of nitrogens with one attached hydrogen (secondary N) is 2. The van der Waals surface area contributed by atoms with Gasteiger partial charge in [0.1, 0.15) is 11.4 Å². The van der Waals surface area contributed by atoms with E-state index in [1.54, 1.807) is 32.7 Å². The van der Waals surface area contributed by atoms with E-state index in [1.165, 1.54) is 6.92 Å². The summed E-state index contributed by atoms with van der Waals surface area (Å²) >= 11 is 0. The van der Waals surface area contributed by atoms with Gasteiger partial charge in [0.05, 0.1) is 5.60 Å². The maximum absolute atomic E-state index is 13.1. The second-order valence-corrected chi connectivity index (χ2v) is 10.5. The number of nitrogens with zero attached hydrogens (tertiary/aromatic N) is 3. The highest BCUT2D eigenvalue weighted by Gasteiger charge is 2.23. The van der Waals surface area contributed by atoms with Crippen LogP contribution in [-0.4, -0.2) is 78.0 Å². The number of amides is 1. The molecule has 0 fully saturated rings. The van der Waals surface area contributed by atoms with E-state index in [9.17, 15) is 14.7 Å². The molecular weight excluding hydrogens is 478 g/mol. The van der Waals surface area contributed by atoms with Crippen molar-refractivity contribution in [2.75, 3.05) is 51.4 Å². The quantitative estimate of drug-likeness (QED) is 0.197. The number of benzene rings is 2. The van der Waals surface area contributed by atoms with Gasteiger partial charge in [-0.15, -0.1) is 0 Å². The number of hydrogen-bond donors (Lipinski definition) is 3. The van der Waals surface area contributed by atoms with Crippen molar-refractivity contribution < 1.29 is 14.7 Å². The summed E-state index contributed by atoms with van der Waals surface area (Å²) in [5, 5.41) is 18.5. The molecule has 1 amide bonds. The van der Waals surface area contributed by atoms with Gasteiger partial charge in [-0.25, -0.2) is 4.98 Å². The molecule has 0 bridgehead atoms. The molecule has 38 heavy (non-hydrogen) atoms. The molecular formula is C30H39N5O3. The molecule has 1 aromatic heterocycles. The number of Topliss-reactive ketones (excluding diaryl/α,β-unsaturated/α-hetero) is 1. The lowest BCUT2D eigenvalue weighted by Crippen LogP contribution is -2.37. The lowest BCUT2D eigenvalue weighted by Gasteiger charge is -2.28. The molecule has 0 saturated carbocycles. The smallest absolute Gasteiger partial charge is 0.261 e. The van der Waals surface area contributed by atoms with Gasteiger partial charge < -0.3 is 25.5 Å². The minimum atomic E-state index is -0.967. The van der Waals surface area contributed by atoms with Crippen LogP contribution < -0.4 is 10.6 Å². The third-order valence-corrected chi connectivity index (χ3v) is 6.25. The van der Waals surface area contributed by atoms with Crippen molar-refractivity contribution in [3.05, 3.63) is 66.0 Å². The number of likely N-dealkylation sites (N-methyl/N-ethyl adjacent to an activating group) is 2. The molecule has 0 radical (unpaired) electrons. The molecule has 0 aliphatic carbocycles. The topological polar surface area (TPSA) is 97.8 Å². The van der Waals surface area contributed by atoms with Gasteiger partial charge >= 0.3 is 0 Å². The fraction of sp³-hybridized carbons (Fsp3) is 0.367. The number of ketones is 1. The van der Waals surface area contributed by atoms with Crippen LogP contribution in [0.2, 0.25) is 0 Å². The van der Waals surface area contributed by atoms with Crippen molar-refractivity contribution in [3.8, 4) is 11.1 Å². The molecule has 0 spiro atoms. The number of rotatable bonds is 11. The highest BCUT2D eigenvalue weighted by molar-refractivity contribution is 6.23. The summed E-state index contributed by atoms with van der Waals surface area (Å²) in [5.41, 5.74) is 2.26. The minimum Gasteiger partial charge on any atom is -0.389 e. The predicted molar refractivity (Wildman–Crippen MR) is 155 cm³/mol. The van der Waals surface area contributed by atoms with E-state index in [0.29, 0.717) is 11.4 Å². The first-order valence-corrected chi connectivity index (χ1v) is 12.7. The maximum Gasteiger partial charge on any atom is 0.261 e. The molecule has 0 aliphatic heterocycles. The fourth-order valence-electron chi connectivity index (χ4n) is 4.39. The SMILES string of the molecule is CC(=O)/C(C(=O)Nc1ccc(-c2cccc3c(NCCN(C)C)nccc23)cc1)=C(/C)N(C)CC(C)(C)O. The van der Waals surface area contributed by atoms with Crippen LogP contribution >= 0.6 is 0 Å². The van der Waals surface area contributed by atoms with Crippen molar-refractivity contribution in [2.24, 2.45) is 0 Å². The Morgan fingerprint density at radius 3 is 2.26 bits per heavy atom. The predicted octanol–water partition coefficient (Wildman–Crippen LogP) is 4.38. The minimum absolute atomic E-state index is 0.0664. The number of pyridine rings is 1. The summed E-state index contributed by atoms with van der Waals surface area (Å²) in [5.74, 6) is 0.0390. The van der Waals surface area contributed by atoms with Gasteiger partial charge in [0, 0.05) is 49.6 Å². The van der Waals surface area contributed by atoms with Crippen LogP contribution in [0.1, 0.15) is 27.7 Å². The molecule has 3 N–H and O–H groups in total. The molecule has 0 unspecified atom stereocenters. The number of aromatic nitrogens is 1. The normalized spacial score (nSPS) is 12.3. The summed E-state index contributed by atoms with van der Waals surface area (Å²) in [7, 11) is 5.83. The number of allylic oxidation sites excluding steroid dienone is 1. The summed E-state index contributed by atoms with van der Waals surface area (Å²) < 4.78 is 0. The molecule has 3 aromatic rings. The van der Waals surface area contributed by atoms with Crippen molar-refractivity contribution in [2.45, 2.75) is 33.3 Å². The zero-order chi connectivity index (χ0) is 28.0. The van der Waals surface area contributed by atoms with Gasteiger partial charge in [-0.1, -0.05) is 30.3 Å². The van der Waals surface area contributed by atoms with E-state index in [0.717, 1.165) is 40.8 Å². The Labute approximate surface area is 225 Å². The Kier molecular flexibility index (Phi) is 9.25. The zero-order valence-electron chi connectivity index (χ0n) is 23.4. The number of aliphatic hydroxyl groups is 1. The molecule has 2 aromatic carbocycles. The van der Waals surface area contributed by atoms with Gasteiger partial charge in [0.15, 0.2) is 5.78 Å². The fourth-order valence-corrected chi connectivity index (χ4v) is 4.39. The van der Waals surface area contributed by atoms with Crippen LogP contribution in [0.5, 0.6) is 0 Å². The molecule has 8 heteroatoms. The third kappa shape index (κ3) is 7.40. The standard InChI is InChI=1S/C30H39N5O3/c1-20(35(7)19-30(3,4)38)27(21(2)36)29(37)33-23-13-11-22(12-14-23)24-9-8-10-26-25(24)15-16-31-28(26)32-17-18-34(5)6/h8-16,38H,17-19H2,1-7H3,(H,31,32)(H,33,37)/b27-20+. The average Bonchev–Trinajstić information content (AvgIpc) is 2.83. The molecule has 8 nitrogen and oxygen atoms in total. The first kappa shape index (κ1) is 28.8. The van der Waals surface area contributed by atoms with Crippen molar-refractivity contribution in [3.63, 3.8) is 0 Å². The maximum atomic E-state index is 13.1. The molecule has 0 aliphatic rings. The highest BCUT2D eigenvalue weighted by Crippen LogP contribution is 2.32. The number of fused-ring (bicyclic) bond motifs is 1. The van der Waals surface area contributed by atoms with Crippen LogP contribution in [-0.2, 0) is 9.59 Å². The van der Waals surface area contributed by atoms with Crippen LogP contribution in [0.4, 0.5) is 11.5 Å². The summed E-state index contributed by atoms with van der Waals surface area (Å²) in [6.45, 7) is 8.43. The van der Waals surface area contributed by atoms with E-state index in [-0.39, 0.29) is 17.9 Å². The Morgan fingerprint density at radius 2 is 1.66 bits per heavy atom. The van der Waals surface area contributed by atoms with E-state index >= 15 is 0 Å². The highest BCUT2D eigenvalue weighted by atomic mass is 16.3. The summed E-state index contributed by atoms with van der Waals surface area (Å²) in [6.07, 6.45) is 1.81. The van der Waals surface area contributed by atoms with Crippen LogP contribution in [0, 0.1) is 0 Å². The lowest BCUT2D eigenvalue weighted by atomic mass is 9.98. The van der Waals surface area contributed by atoms with Gasteiger partial charge in [-0.3, -0.25) is 9.59 Å². The molecule has 1 heterocycles. The van der Waals surface area contributed by atoms with E-state index in [2.05, 4.69) is 32.7 Å². The molecule has 3 rings (SSSR count). The largest absolute Gasteiger partial charge is 0.389 e. The van der Waals surface area contributed by atoms with Gasteiger partial charge in [0.2, 0.25) is 0 Å². The third-order valence-electron chi connectivity index (χ3n) is 6.25. The lowest BCUT2D eigenvalue weighted by molar-refractivity contribution is -0.119. The molecule has 0 atom stereocenters. The summed E-state index contributed by atoms with van der Waals surface area (Å²) in [6, 6.07) is 15.7. The van der Waals surface area contributed by atoms with E-state index in [4.69, 9.17) is 0 Å². The van der Waals surface area contributed by atoms with Gasteiger partial charge in [-0.2, -0.15) is 0 Å². The number of anilines is 2. The average molecular weight is 518 g/mol. The molecule has 0 saturated heterocycles. The number of carbonyl (C=O) groups excluding carboxylic acids is 2. The zero-order valence-corrected chi connectivity index (χ0v) is 23.4. The Bertz CT molecular complexity index is 1320. The van der Waals surface area contributed by atoms with E-state index in [1.807, 2.05) is 56.7 Å².